The van der Waals surface area contributed by atoms with Gasteiger partial charge in [-0.3, -0.25) is 0 Å². The first kappa shape index (κ1) is 21.6. The van der Waals surface area contributed by atoms with Crippen molar-refractivity contribution < 1.29 is 29.9 Å². The fraction of sp³-hybridized carbons (Fsp3) is 0.280. The van der Waals surface area contributed by atoms with E-state index in [-0.39, 0.29) is 6.61 Å². The maximum absolute atomic E-state index is 10.4. The lowest BCUT2D eigenvalue weighted by atomic mass is 9.80. The van der Waals surface area contributed by atoms with Crippen LogP contribution in [0.4, 0.5) is 0 Å². The normalized spacial score (nSPS) is 26.5. The fourth-order valence-electron chi connectivity index (χ4n) is 4.04. The minimum absolute atomic E-state index is 0.138. The first-order valence-electron chi connectivity index (χ1n) is 10.2. The Morgan fingerprint density at radius 1 is 0.613 bits per heavy atom. The summed E-state index contributed by atoms with van der Waals surface area (Å²) in [5.74, 6) is 0. The molecule has 0 saturated carbocycles. The van der Waals surface area contributed by atoms with Gasteiger partial charge in [0, 0.05) is 0 Å². The van der Waals surface area contributed by atoms with Crippen molar-refractivity contribution in [2.24, 2.45) is 0 Å². The van der Waals surface area contributed by atoms with E-state index in [4.69, 9.17) is 9.47 Å². The van der Waals surface area contributed by atoms with E-state index in [0.29, 0.717) is 0 Å². The average Bonchev–Trinajstić information content (AvgIpc) is 2.83. The molecule has 0 aliphatic carbocycles. The minimum Gasteiger partial charge on any atom is -0.387 e. The van der Waals surface area contributed by atoms with Crippen LogP contribution in [0.5, 0.6) is 0 Å². The van der Waals surface area contributed by atoms with Crippen LogP contribution in [-0.4, -0.2) is 57.7 Å². The summed E-state index contributed by atoms with van der Waals surface area (Å²) in [6.07, 6.45) is -7.21. The van der Waals surface area contributed by atoms with Crippen molar-refractivity contribution >= 4 is 0 Å². The number of aliphatic hydroxyl groups excluding tert-OH is 4. The average molecular weight is 422 g/mol. The van der Waals surface area contributed by atoms with Crippen LogP contribution >= 0.6 is 0 Å². The van der Waals surface area contributed by atoms with E-state index in [1.165, 1.54) is 0 Å². The molecule has 1 aliphatic heterocycles. The van der Waals surface area contributed by atoms with Crippen molar-refractivity contribution in [3.8, 4) is 0 Å². The molecule has 1 heterocycles. The summed E-state index contributed by atoms with van der Waals surface area (Å²) >= 11 is 0. The topological polar surface area (TPSA) is 99.4 Å². The minimum atomic E-state index is -1.62. The molecule has 4 rings (SSSR count). The van der Waals surface area contributed by atoms with Gasteiger partial charge in [-0.25, -0.2) is 0 Å². The molecule has 162 valence electrons. The second-order valence-corrected chi connectivity index (χ2v) is 7.63. The molecule has 0 unspecified atom stereocenters. The highest BCUT2D eigenvalue weighted by Crippen LogP contribution is 2.41. The molecule has 6 nitrogen and oxygen atoms in total. The molecule has 0 spiro atoms. The zero-order chi connectivity index (χ0) is 21.8. The Labute approximate surface area is 180 Å². The molecule has 1 fully saturated rings. The molecule has 0 amide bonds. The van der Waals surface area contributed by atoms with Crippen LogP contribution < -0.4 is 0 Å². The van der Waals surface area contributed by atoms with E-state index in [1.54, 1.807) is 0 Å². The maximum Gasteiger partial charge on any atom is 0.184 e. The molecule has 5 atom stereocenters. The maximum atomic E-state index is 10.4. The van der Waals surface area contributed by atoms with Gasteiger partial charge in [0.1, 0.15) is 30.0 Å². The number of aliphatic hydroxyl groups is 4. The van der Waals surface area contributed by atoms with Crippen LogP contribution in [0.2, 0.25) is 0 Å². The molecule has 4 N–H and O–H groups in total. The van der Waals surface area contributed by atoms with E-state index in [2.05, 4.69) is 0 Å². The fourth-order valence-corrected chi connectivity index (χ4v) is 4.04. The third-order valence-corrected chi connectivity index (χ3v) is 5.69. The first-order chi connectivity index (χ1) is 15.0. The number of hydrogen-bond acceptors (Lipinski definition) is 6. The number of hydrogen-bond donors (Lipinski definition) is 4. The van der Waals surface area contributed by atoms with Gasteiger partial charge in [0.05, 0.1) is 6.61 Å². The lowest BCUT2D eigenvalue weighted by molar-refractivity contribution is -0.291. The van der Waals surface area contributed by atoms with Crippen LogP contribution in [0.25, 0.3) is 0 Å². The molecule has 0 bridgehead atoms. The molecule has 3 aromatic rings. The van der Waals surface area contributed by atoms with Gasteiger partial charge in [-0.15, -0.1) is 0 Å². The third kappa shape index (κ3) is 4.14. The van der Waals surface area contributed by atoms with Gasteiger partial charge in [0.2, 0.25) is 0 Å². The largest absolute Gasteiger partial charge is 0.387 e. The van der Waals surface area contributed by atoms with Gasteiger partial charge < -0.3 is 29.9 Å². The van der Waals surface area contributed by atoms with Crippen molar-refractivity contribution in [1.82, 2.24) is 0 Å². The Balaban J connectivity index is 1.78. The van der Waals surface area contributed by atoms with E-state index in [1.807, 2.05) is 91.0 Å². The Morgan fingerprint density at radius 2 is 1.03 bits per heavy atom. The number of rotatable bonds is 6. The second kappa shape index (κ2) is 9.28. The van der Waals surface area contributed by atoms with Gasteiger partial charge in [0.15, 0.2) is 6.29 Å². The molecule has 3 aromatic carbocycles. The quantitative estimate of drug-likeness (QED) is 0.452. The SMILES string of the molecule is O[C@@H]1[C@@H](O)[C@H](O)O[C@H](COC(c2ccccc2)(c2ccccc2)c2ccccc2)[C@H]1O. The molecule has 31 heavy (non-hydrogen) atoms. The van der Waals surface area contributed by atoms with Crippen molar-refractivity contribution in [3.05, 3.63) is 108 Å². The summed E-state index contributed by atoms with van der Waals surface area (Å²) in [6.45, 7) is -0.138. The van der Waals surface area contributed by atoms with Crippen molar-refractivity contribution in [3.63, 3.8) is 0 Å². The summed E-state index contributed by atoms with van der Waals surface area (Å²) < 4.78 is 11.9. The summed E-state index contributed by atoms with van der Waals surface area (Å²) in [5.41, 5.74) is 1.59. The molecule has 6 heteroatoms. The predicted molar refractivity (Wildman–Crippen MR) is 114 cm³/mol. The third-order valence-electron chi connectivity index (χ3n) is 5.69. The molecule has 0 aromatic heterocycles. The zero-order valence-electron chi connectivity index (χ0n) is 16.9. The zero-order valence-corrected chi connectivity index (χ0v) is 16.9. The van der Waals surface area contributed by atoms with Gasteiger partial charge in [-0.2, -0.15) is 0 Å². The Morgan fingerprint density at radius 3 is 1.45 bits per heavy atom. The van der Waals surface area contributed by atoms with Crippen molar-refractivity contribution in [2.45, 2.75) is 36.3 Å². The standard InChI is InChI=1S/C25H26O6/c26-21-20(31-24(29)23(28)22(21)27)16-30-25(17-10-4-1-5-11-17,18-12-6-2-7-13-18)19-14-8-3-9-15-19/h1-15,20-24,26-29H,16H2/t20-,21-,22+,23-,24-/m1/s1. The lowest BCUT2D eigenvalue weighted by Gasteiger charge is -2.41. The highest BCUT2D eigenvalue weighted by Gasteiger charge is 2.45. The smallest absolute Gasteiger partial charge is 0.184 e. The molecular weight excluding hydrogens is 396 g/mol. The monoisotopic (exact) mass is 422 g/mol. The highest BCUT2D eigenvalue weighted by atomic mass is 16.6. The summed E-state index contributed by atoms with van der Waals surface area (Å²) in [7, 11) is 0. The van der Waals surface area contributed by atoms with Crippen LogP contribution in [0, 0.1) is 0 Å². The van der Waals surface area contributed by atoms with Crippen molar-refractivity contribution in [2.75, 3.05) is 6.61 Å². The lowest BCUT2D eigenvalue weighted by Crippen LogP contribution is -2.59. The Kier molecular flexibility index (Phi) is 6.48. The number of ether oxygens (including phenoxy) is 2. The predicted octanol–water partition coefficient (Wildman–Crippen LogP) is 1.79. The van der Waals surface area contributed by atoms with E-state index in [0.717, 1.165) is 16.7 Å². The Hall–Kier alpha value is -2.58. The van der Waals surface area contributed by atoms with Gasteiger partial charge >= 0.3 is 0 Å². The van der Waals surface area contributed by atoms with Crippen molar-refractivity contribution in [1.29, 1.82) is 0 Å². The molecular formula is C25H26O6. The van der Waals surface area contributed by atoms with E-state index >= 15 is 0 Å². The first-order valence-corrected chi connectivity index (χ1v) is 10.2. The molecule has 1 saturated heterocycles. The van der Waals surface area contributed by atoms with Crippen LogP contribution in [-0.2, 0) is 15.1 Å². The molecule has 1 aliphatic rings. The highest BCUT2D eigenvalue weighted by molar-refractivity contribution is 5.47. The second-order valence-electron chi connectivity index (χ2n) is 7.63. The number of benzene rings is 3. The van der Waals surface area contributed by atoms with Gasteiger partial charge in [-0.05, 0) is 16.7 Å². The van der Waals surface area contributed by atoms with Crippen LogP contribution in [0.1, 0.15) is 16.7 Å². The summed E-state index contributed by atoms with van der Waals surface area (Å²) in [6, 6.07) is 29.1. The summed E-state index contributed by atoms with van der Waals surface area (Å²) in [4.78, 5) is 0. The van der Waals surface area contributed by atoms with Crippen LogP contribution in [0.15, 0.2) is 91.0 Å². The van der Waals surface area contributed by atoms with E-state index in [9.17, 15) is 20.4 Å². The van der Waals surface area contributed by atoms with Crippen LogP contribution in [0.3, 0.4) is 0 Å². The Bertz CT molecular complexity index is 853. The van der Waals surface area contributed by atoms with Gasteiger partial charge in [-0.1, -0.05) is 91.0 Å². The summed E-state index contributed by atoms with van der Waals surface area (Å²) in [5, 5.41) is 40.2. The molecule has 0 radical (unpaired) electrons. The van der Waals surface area contributed by atoms with E-state index < -0.39 is 36.3 Å². The van der Waals surface area contributed by atoms with Gasteiger partial charge in [0.25, 0.3) is 0 Å².